The standard InChI is InChI=1S/C16H19ClN2O/c1-11(18)7-15-3-2-5-19(15)10-13-9-14(17)8-12-4-6-20-16(12)13/h2-3,5,8-9,11H,4,6-7,10,18H2,1H3. The minimum Gasteiger partial charge on any atom is -0.493 e. The first kappa shape index (κ1) is 13.5. The van der Waals surface area contributed by atoms with E-state index < -0.39 is 0 Å². The molecule has 0 radical (unpaired) electrons. The van der Waals surface area contributed by atoms with Crippen LogP contribution in [0.3, 0.4) is 0 Å². The number of benzene rings is 1. The van der Waals surface area contributed by atoms with Gasteiger partial charge in [-0.2, -0.15) is 0 Å². The van der Waals surface area contributed by atoms with E-state index in [-0.39, 0.29) is 6.04 Å². The first-order valence-electron chi connectivity index (χ1n) is 6.97. The van der Waals surface area contributed by atoms with Crippen LogP contribution >= 0.6 is 11.6 Å². The Kier molecular flexibility index (Phi) is 3.72. The lowest BCUT2D eigenvalue weighted by Crippen LogP contribution is -2.20. The van der Waals surface area contributed by atoms with Crippen molar-refractivity contribution in [2.75, 3.05) is 6.61 Å². The molecular formula is C16H19ClN2O. The third-order valence-corrected chi connectivity index (χ3v) is 3.84. The topological polar surface area (TPSA) is 40.2 Å². The number of ether oxygens (including phenoxy) is 1. The molecule has 3 nitrogen and oxygen atoms in total. The first-order valence-corrected chi connectivity index (χ1v) is 7.35. The molecule has 4 heteroatoms. The van der Waals surface area contributed by atoms with Crippen molar-refractivity contribution in [3.63, 3.8) is 0 Å². The average molecular weight is 291 g/mol. The Labute approximate surface area is 124 Å². The highest BCUT2D eigenvalue weighted by atomic mass is 35.5. The summed E-state index contributed by atoms with van der Waals surface area (Å²) >= 11 is 6.21. The fraction of sp³-hybridized carbons (Fsp3) is 0.375. The van der Waals surface area contributed by atoms with Crippen LogP contribution in [0.15, 0.2) is 30.5 Å². The number of fused-ring (bicyclic) bond motifs is 1. The molecule has 1 aromatic carbocycles. The molecule has 0 fully saturated rings. The van der Waals surface area contributed by atoms with Crippen molar-refractivity contribution in [1.29, 1.82) is 0 Å². The number of hydrogen-bond donors (Lipinski definition) is 1. The zero-order chi connectivity index (χ0) is 14.1. The predicted molar refractivity (Wildman–Crippen MR) is 81.5 cm³/mol. The highest BCUT2D eigenvalue weighted by molar-refractivity contribution is 6.30. The number of hydrogen-bond acceptors (Lipinski definition) is 2. The normalized spacial score (nSPS) is 14.9. The Hall–Kier alpha value is -1.45. The maximum Gasteiger partial charge on any atom is 0.127 e. The van der Waals surface area contributed by atoms with Crippen molar-refractivity contribution < 1.29 is 4.74 Å². The van der Waals surface area contributed by atoms with Gasteiger partial charge in [-0.15, -0.1) is 0 Å². The van der Waals surface area contributed by atoms with Crippen LogP contribution < -0.4 is 10.5 Å². The van der Waals surface area contributed by atoms with Gasteiger partial charge in [0.25, 0.3) is 0 Å². The van der Waals surface area contributed by atoms with Crippen molar-refractivity contribution in [2.45, 2.75) is 32.4 Å². The molecule has 1 unspecified atom stereocenters. The molecule has 0 saturated carbocycles. The lowest BCUT2D eigenvalue weighted by atomic mass is 10.1. The highest BCUT2D eigenvalue weighted by Gasteiger charge is 2.18. The van der Waals surface area contributed by atoms with Crippen molar-refractivity contribution >= 4 is 11.6 Å². The summed E-state index contributed by atoms with van der Waals surface area (Å²) in [5, 5.41) is 0.783. The summed E-state index contributed by atoms with van der Waals surface area (Å²) in [6, 6.07) is 8.34. The summed E-state index contributed by atoms with van der Waals surface area (Å²) in [6.07, 6.45) is 3.90. The van der Waals surface area contributed by atoms with Crippen LogP contribution in [0.2, 0.25) is 5.02 Å². The summed E-state index contributed by atoms with van der Waals surface area (Å²) < 4.78 is 7.98. The van der Waals surface area contributed by atoms with Gasteiger partial charge in [-0.3, -0.25) is 0 Å². The first-order chi connectivity index (χ1) is 9.63. The van der Waals surface area contributed by atoms with Crippen molar-refractivity contribution in [3.8, 4) is 5.75 Å². The van der Waals surface area contributed by atoms with Gasteiger partial charge in [0.1, 0.15) is 5.75 Å². The summed E-state index contributed by atoms with van der Waals surface area (Å²) in [5.41, 5.74) is 9.50. The third-order valence-electron chi connectivity index (χ3n) is 3.62. The molecule has 0 spiro atoms. The van der Waals surface area contributed by atoms with E-state index in [1.54, 1.807) is 0 Å². The Morgan fingerprint density at radius 2 is 2.30 bits per heavy atom. The van der Waals surface area contributed by atoms with E-state index in [9.17, 15) is 0 Å². The molecule has 3 rings (SSSR count). The van der Waals surface area contributed by atoms with Crippen LogP contribution in [0.1, 0.15) is 23.7 Å². The fourth-order valence-electron chi connectivity index (χ4n) is 2.77. The molecule has 2 aromatic rings. The molecule has 106 valence electrons. The number of halogens is 1. The zero-order valence-corrected chi connectivity index (χ0v) is 12.4. The van der Waals surface area contributed by atoms with E-state index in [2.05, 4.69) is 22.9 Å². The Morgan fingerprint density at radius 3 is 3.10 bits per heavy atom. The Balaban J connectivity index is 1.90. The molecule has 0 aliphatic carbocycles. The van der Waals surface area contributed by atoms with Gasteiger partial charge in [0.15, 0.2) is 0 Å². The van der Waals surface area contributed by atoms with E-state index in [0.29, 0.717) is 0 Å². The van der Waals surface area contributed by atoms with Gasteiger partial charge in [-0.05, 0) is 36.8 Å². The van der Waals surface area contributed by atoms with Crippen LogP contribution in [-0.4, -0.2) is 17.2 Å². The van der Waals surface area contributed by atoms with Crippen LogP contribution in [0.25, 0.3) is 0 Å². The molecule has 1 aliphatic rings. The molecular weight excluding hydrogens is 272 g/mol. The molecule has 0 bridgehead atoms. The largest absolute Gasteiger partial charge is 0.493 e. The monoisotopic (exact) mass is 290 g/mol. The molecule has 1 aromatic heterocycles. The fourth-order valence-corrected chi connectivity index (χ4v) is 3.03. The zero-order valence-electron chi connectivity index (χ0n) is 11.6. The van der Waals surface area contributed by atoms with E-state index in [1.165, 1.54) is 11.3 Å². The van der Waals surface area contributed by atoms with Crippen molar-refractivity contribution in [1.82, 2.24) is 4.57 Å². The van der Waals surface area contributed by atoms with E-state index in [1.807, 2.05) is 19.1 Å². The predicted octanol–water partition coefficient (Wildman–Crippen LogP) is 3.01. The summed E-state index contributed by atoms with van der Waals surface area (Å²) in [5.74, 6) is 1.01. The SMILES string of the molecule is CC(N)Cc1cccn1Cc1cc(Cl)cc2c1OCC2. The smallest absolute Gasteiger partial charge is 0.127 e. The van der Waals surface area contributed by atoms with Crippen molar-refractivity contribution in [2.24, 2.45) is 5.73 Å². The highest BCUT2D eigenvalue weighted by Crippen LogP contribution is 2.33. The quantitative estimate of drug-likeness (QED) is 0.940. The molecule has 0 saturated heterocycles. The van der Waals surface area contributed by atoms with E-state index >= 15 is 0 Å². The maximum absolute atomic E-state index is 6.21. The van der Waals surface area contributed by atoms with Crippen LogP contribution in [0.5, 0.6) is 5.75 Å². The second-order valence-electron chi connectivity index (χ2n) is 5.46. The lowest BCUT2D eigenvalue weighted by molar-refractivity contribution is 0.352. The molecule has 2 heterocycles. The van der Waals surface area contributed by atoms with E-state index in [0.717, 1.165) is 42.3 Å². The summed E-state index contributed by atoms with van der Waals surface area (Å²) in [4.78, 5) is 0. The van der Waals surface area contributed by atoms with Gasteiger partial charge >= 0.3 is 0 Å². The van der Waals surface area contributed by atoms with Gasteiger partial charge in [0, 0.05) is 41.4 Å². The lowest BCUT2D eigenvalue weighted by Gasteiger charge is -2.14. The second kappa shape index (κ2) is 5.51. The van der Waals surface area contributed by atoms with Crippen molar-refractivity contribution in [3.05, 3.63) is 52.3 Å². The van der Waals surface area contributed by atoms with Crippen LogP contribution in [0, 0.1) is 0 Å². The number of nitrogens with two attached hydrogens (primary N) is 1. The Morgan fingerprint density at radius 1 is 1.45 bits per heavy atom. The van der Waals surface area contributed by atoms with Crippen LogP contribution in [-0.2, 0) is 19.4 Å². The summed E-state index contributed by atoms with van der Waals surface area (Å²) in [6.45, 7) is 3.55. The molecule has 0 amide bonds. The third kappa shape index (κ3) is 2.69. The maximum atomic E-state index is 6.21. The van der Waals surface area contributed by atoms with Gasteiger partial charge in [-0.1, -0.05) is 11.6 Å². The summed E-state index contributed by atoms with van der Waals surface area (Å²) in [7, 11) is 0. The number of rotatable bonds is 4. The van der Waals surface area contributed by atoms with Gasteiger partial charge in [0.05, 0.1) is 13.2 Å². The van der Waals surface area contributed by atoms with Gasteiger partial charge < -0.3 is 15.0 Å². The Bertz CT molecular complexity index is 619. The van der Waals surface area contributed by atoms with Gasteiger partial charge in [-0.25, -0.2) is 0 Å². The average Bonchev–Trinajstić information content (AvgIpc) is 2.98. The molecule has 1 aliphatic heterocycles. The van der Waals surface area contributed by atoms with Crippen LogP contribution in [0.4, 0.5) is 0 Å². The van der Waals surface area contributed by atoms with E-state index in [4.69, 9.17) is 22.1 Å². The second-order valence-corrected chi connectivity index (χ2v) is 5.90. The molecule has 1 atom stereocenters. The number of nitrogens with zero attached hydrogens (tertiary/aromatic N) is 1. The van der Waals surface area contributed by atoms with Gasteiger partial charge in [0.2, 0.25) is 0 Å². The minimum absolute atomic E-state index is 0.157. The molecule has 2 N–H and O–H groups in total. The minimum atomic E-state index is 0.157. The number of aromatic nitrogens is 1. The molecule has 20 heavy (non-hydrogen) atoms.